The van der Waals surface area contributed by atoms with E-state index in [1.807, 2.05) is 18.2 Å². The number of hydrogen-bond acceptors (Lipinski definition) is 6. The number of ether oxygens (including phenoxy) is 2. The largest absolute Gasteiger partial charge is 0.496 e. The van der Waals surface area contributed by atoms with Crippen LogP contribution in [-0.2, 0) is 26.1 Å². The van der Waals surface area contributed by atoms with Crippen LogP contribution in [0.3, 0.4) is 0 Å². The monoisotopic (exact) mass is 420 g/mol. The summed E-state index contributed by atoms with van der Waals surface area (Å²) in [4.78, 5) is 25.9. The molecule has 29 heavy (non-hydrogen) atoms. The zero-order valence-corrected chi connectivity index (χ0v) is 17.4. The van der Waals surface area contributed by atoms with Gasteiger partial charge in [0.1, 0.15) is 5.75 Å². The van der Waals surface area contributed by atoms with Gasteiger partial charge in [-0.2, -0.15) is 0 Å². The fourth-order valence-electron chi connectivity index (χ4n) is 2.54. The average Bonchev–Trinajstić information content (AvgIpc) is 2.72. The van der Waals surface area contributed by atoms with E-state index in [0.717, 1.165) is 5.56 Å². The van der Waals surface area contributed by atoms with Gasteiger partial charge in [0.2, 0.25) is 10.0 Å². The van der Waals surface area contributed by atoms with Crippen molar-refractivity contribution in [2.75, 3.05) is 27.3 Å². The number of likely N-dealkylation sites (N-methyl/N-ethyl adjacent to an activating group) is 1. The van der Waals surface area contributed by atoms with Crippen molar-refractivity contribution in [3.63, 3.8) is 0 Å². The molecule has 0 aliphatic heterocycles. The molecule has 0 heterocycles. The zero-order valence-electron chi connectivity index (χ0n) is 16.5. The van der Waals surface area contributed by atoms with Crippen molar-refractivity contribution < 1.29 is 27.5 Å². The molecule has 0 bridgehead atoms. The van der Waals surface area contributed by atoms with Crippen LogP contribution in [0.5, 0.6) is 5.75 Å². The number of benzene rings is 2. The van der Waals surface area contributed by atoms with E-state index in [-0.39, 0.29) is 22.9 Å². The Morgan fingerprint density at radius 1 is 1.07 bits per heavy atom. The minimum Gasteiger partial charge on any atom is -0.496 e. The van der Waals surface area contributed by atoms with Crippen LogP contribution in [0, 0.1) is 0 Å². The van der Waals surface area contributed by atoms with Crippen LogP contribution < -0.4 is 9.46 Å². The zero-order chi connectivity index (χ0) is 21.4. The van der Waals surface area contributed by atoms with Crippen LogP contribution in [0.1, 0.15) is 22.8 Å². The number of rotatable bonds is 9. The van der Waals surface area contributed by atoms with Gasteiger partial charge in [-0.3, -0.25) is 4.79 Å². The third kappa shape index (κ3) is 6.03. The molecule has 2 aromatic carbocycles. The quantitative estimate of drug-likeness (QED) is 0.621. The summed E-state index contributed by atoms with van der Waals surface area (Å²) >= 11 is 0. The minimum atomic E-state index is -3.60. The molecule has 0 spiro atoms. The van der Waals surface area contributed by atoms with Gasteiger partial charge >= 0.3 is 5.97 Å². The van der Waals surface area contributed by atoms with Gasteiger partial charge in [-0.25, -0.2) is 17.9 Å². The van der Waals surface area contributed by atoms with Gasteiger partial charge in [0.15, 0.2) is 6.61 Å². The summed E-state index contributed by atoms with van der Waals surface area (Å²) in [7, 11) is -0.445. The minimum absolute atomic E-state index is 0.0449. The van der Waals surface area contributed by atoms with E-state index in [4.69, 9.17) is 9.47 Å². The number of para-hydroxylation sites is 1. The highest BCUT2D eigenvalue weighted by Gasteiger charge is 2.17. The van der Waals surface area contributed by atoms with E-state index in [2.05, 4.69) is 4.72 Å². The number of methoxy groups -OCH3 is 1. The molecule has 1 N–H and O–H groups in total. The van der Waals surface area contributed by atoms with Crippen molar-refractivity contribution in [2.45, 2.75) is 18.4 Å². The molecule has 0 saturated heterocycles. The number of sulfonamides is 1. The van der Waals surface area contributed by atoms with E-state index in [1.165, 1.54) is 29.2 Å². The van der Waals surface area contributed by atoms with Gasteiger partial charge in [0.25, 0.3) is 5.91 Å². The van der Waals surface area contributed by atoms with E-state index in [0.29, 0.717) is 12.3 Å². The van der Waals surface area contributed by atoms with Crippen molar-refractivity contribution in [3.8, 4) is 5.75 Å². The molecule has 2 aromatic rings. The maximum absolute atomic E-state index is 12.3. The summed E-state index contributed by atoms with van der Waals surface area (Å²) in [6, 6.07) is 12.6. The number of carbonyl (C=O) groups excluding carboxylic acids is 2. The van der Waals surface area contributed by atoms with Crippen LogP contribution in [-0.4, -0.2) is 52.5 Å². The molecule has 0 radical (unpaired) electrons. The Labute approximate surface area is 170 Å². The number of amides is 1. The van der Waals surface area contributed by atoms with Gasteiger partial charge in [-0.05, 0) is 30.3 Å². The van der Waals surface area contributed by atoms with Crippen LogP contribution in [0.25, 0.3) is 0 Å². The number of nitrogens with zero attached hydrogens (tertiary/aromatic N) is 1. The van der Waals surface area contributed by atoms with Gasteiger partial charge in [-0.1, -0.05) is 25.1 Å². The fraction of sp³-hybridized carbons (Fsp3) is 0.300. The first-order chi connectivity index (χ1) is 13.8. The van der Waals surface area contributed by atoms with Crippen molar-refractivity contribution in [1.82, 2.24) is 9.62 Å². The van der Waals surface area contributed by atoms with Crippen molar-refractivity contribution in [2.24, 2.45) is 0 Å². The maximum Gasteiger partial charge on any atom is 0.338 e. The first-order valence-electron chi connectivity index (χ1n) is 8.91. The molecule has 0 aliphatic carbocycles. The SMILES string of the molecule is CCNS(=O)(=O)c1ccc(C(=O)OCC(=O)N(C)Cc2ccccc2OC)cc1. The van der Waals surface area contributed by atoms with Gasteiger partial charge in [-0.15, -0.1) is 0 Å². The van der Waals surface area contributed by atoms with Gasteiger partial charge < -0.3 is 14.4 Å². The lowest BCUT2D eigenvalue weighted by atomic mass is 10.2. The Balaban J connectivity index is 1.93. The third-order valence-corrected chi connectivity index (χ3v) is 5.65. The standard InChI is InChI=1S/C20H24N2O6S/c1-4-21-29(25,26)17-11-9-15(10-12-17)20(24)28-14-19(23)22(2)13-16-7-5-6-8-18(16)27-3/h5-12,21H,4,13-14H2,1-3H3. The van der Waals surface area contributed by atoms with Crippen molar-refractivity contribution in [1.29, 1.82) is 0 Å². The van der Waals surface area contributed by atoms with E-state index >= 15 is 0 Å². The molecule has 8 nitrogen and oxygen atoms in total. The summed E-state index contributed by atoms with van der Waals surface area (Å²) in [6.45, 7) is 1.81. The van der Waals surface area contributed by atoms with Crippen LogP contribution in [0.4, 0.5) is 0 Å². The summed E-state index contributed by atoms with van der Waals surface area (Å²) in [5, 5.41) is 0. The lowest BCUT2D eigenvalue weighted by Gasteiger charge is -2.18. The number of carbonyl (C=O) groups is 2. The third-order valence-electron chi connectivity index (χ3n) is 4.09. The highest BCUT2D eigenvalue weighted by atomic mass is 32.2. The molecule has 156 valence electrons. The van der Waals surface area contributed by atoms with Crippen molar-refractivity contribution in [3.05, 3.63) is 59.7 Å². The first-order valence-corrected chi connectivity index (χ1v) is 10.4. The molecule has 1 amide bonds. The molecule has 9 heteroatoms. The second-order valence-electron chi connectivity index (χ2n) is 6.16. The van der Waals surface area contributed by atoms with Gasteiger partial charge in [0.05, 0.1) is 17.6 Å². The van der Waals surface area contributed by atoms with Crippen LogP contribution in [0.15, 0.2) is 53.4 Å². The predicted octanol–water partition coefficient (Wildman–Crippen LogP) is 1.81. The van der Waals surface area contributed by atoms with E-state index < -0.39 is 22.6 Å². The summed E-state index contributed by atoms with van der Waals surface area (Å²) < 4.78 is 36.5. The Bertz CT molecular complexity index is 957. The highest BCUT2D eigenvalue weighted by molar-refractivity contribution is 7.89. The Morgan fingerprint density at radius 2 is 1.72 bits per heavy atom. The van der Waals surface area contributed by atoms with Crippen LogP contribution >= 0.6 is 0 Å². The van der Waals surface area contributed by atoms with E-state index in [1.54, 1.807) is 27.1 Å². The van der Waals surface area contributed by atoms with Gasteiger partial charge in [0, 0.05) is 25.7 Å². The molecular weight excluding hydrogens is 396 g/mol. The highest BCUT2D eigenvalue weighted by Crippen LogP contribution is 2.18. The Hall–Kier alpha value is -2.91. The predicted molar refractivity (Wildman–Crippen MR) is 107 cm³/mol. The molecule has 0 aliphatic rings. The van der Waals surface area contributed by atoms with Crippen LogP contribution in [0.2, 0.25) is 0 Å². The van der Waals surface area contributed by atoms with Crippen molar-refractivity contribution >= 4 is 21.9 Å². The maximum atomic E-state index is 12.3. The second-order valence-corrected chi connectivity index (χ2v) is 7.93. The molecule has 0 fully saturated rings. The first kappa shape index (κ1) is 22.4. The smallest absolute Gasteiger partial charge is 0.338 e. The number of nitrogens with one attached hydrogen (secondary N) is 1. The molecule has 0 atom stereocenters. The normalized spacial score (nSPS) is 11.0. The lowest BCUT2D eigenvalue weighted by molar-refractivity contribution is -0.133. The molecule has 0 saturated carbocycles. The number of hydrogen-bond donors (Lipinski definition) is 1. The number of esters is 1. The van der Waals surface area contributed by atoms with E-state index in [9.17, 15) is 18.0 Å². The second kappa shape index (κ2) is 10.0. The lowest BCUT2D eigenvalue weighted by Crippen LogP contribution is -2.31. The Morgan fingerprint density at radius 3 is 2.34 bits per heavy atom. The molecular formula is C20H24N2O6S. The molecule has 0 unspecified atom stereocenters. The summed E-state index contributed by atoms with van der Waals surface area (Å²) in [6.07, 6.45) is 0. The Kier molecular flexibility index (Phi) is 7.74. The average molecular weight is 420 g/mol. The summed E-state index contributed by atoms with van der Waals surface area (Å²) in [5.74, 6) is -0.427. The fourth-order valence-corrected chi connectivity index (χ4v) is 3.58. The summed E-state index contributed by atoms with van der Waals surface area (Å²) in [5.41, 5.74) is 0.982. The molecule has 2 rings (SSSR count). The topological polar surface area (TPSA) is 102 Å². The molecule has 0 aromatic heterocycles.